The van der Waals surface area contributed by atoms with E-state index in [1.54, 1.807) is 0 Å². The highest BCUT2D eigenvalue weighted by atomic mass is 16.2. The van der Waals surface area contributed by atoms with Crippen LogP contribution >= 0.6 is 0 Å². The average molecular weight is 236 g/mol. The summed E-state index contributed by atoms with van der Waals surface area (Å²) in [5.74, 6) is 0.0312. The molecule has 17 heavy (non-hydrogen) atoms. The Morgan fingerprint density at radius 3 is 2.94 bits per heavy atom. The van der Waals surface area contributed by atoms with Crippen molar-refractivity contribution in [3.05, 3.63) is 17.0 Å². The predicted octanol–water partition coefficient (Wildman–Crippen LogP) is 0.926. The summed E-state index contributed by atoms with van der Waals surface area (Å²) in [6.07, 6.45) is 0.920. The Morgan fingerprint density at radius 2 is 2.29 bits per heavy atom. The molecule has 1 aliphatic heterocycles. The fourth-order valence-corrected chi connectivity index (χ4v) is 2.28. The maximum absolute atomic E-state index is 12.4. The van der Waals surface area contributed by atoms with Gasteiger partial charge in [0.2, 0.25) is 0 Å². The van der Waals surface area contributed by atoms with E-state index in [2.05, 4.69) is 15.5 Å². The van der Waals surface area contributed by atoms with Crippen LogP contribution in [0, 0.1) is 0 Å². The number of carbonyl (C=O) groups excluding carboxylic acids is 1. The molecule has 0 spiro atoms. The van der Waals surface area contributed by atoms with E-state index in [1.165, 1.54) is 0 Å². The van der Waals surface area contributed by atoms with Crippen molar-refractivity contribution in [2.24, 2.45) is 0 Å². The number of fused-ring (bicyclic) bond motifs is 1. The van der Waals surface area contributed by atoms with Crippen molar-refractivity contribution < 1.29 is 4.79 Å². The molecule has 0 radical (unpaired) electrons. The van der Waals surface area contributed by atoms with Gasteiger partial charge in [-0.05, 0) is 20.8 Å². The third-order valence-electron chi connectivity index (χ3n) is 3.23. The molecule has 94 valence electrons. The van der Waals surface area contributed by atoms with Gasteiger partial charge in [-0.15, -0.1) is 0 Å². The molecule has 0 unspecified atom stereocenters. The molecule has 2 heterocycles. The molecule has 0 fully saturated rings. The van der Waals surface area contributed by atoms with Crippen LogP contribution in [0.25, 0.3) is 0 Å². The number of aromatic amines is 1. The first-order valence-corrected chi connectivity index (χ1v) is 6.23. The summed E-state index contributed by atoms with van der Waals surface area (Å²) in [5, 5.41) is 10.5. The normalized spacial score (nSPS) is 14.8. The van der Waals surface area contributed by atoms with Gasteiger partial charge in [0.05, 0.1) is 0 Å². The summed E-state index contributed by atoms with van der Waals surface area (Å²) in [4.78, 5) is 14.2. The van der Waals surface area contributed by atoms with Crippen LogP contribution in [0.4, 0.5) is 0 Å². The Labute approximate surface area is 102 Å². The number of hydrogen-bond acceptors (Lipinski definition) is 3. The molecule has 0 saturated carbocycles. The zero-order valence-corrected chi connectivity index (χ0v) is 10.7. The van der Waals surface area contributed by atoms with E-state index < -0.39 is 0 Å². The second kappa shape index (κ2) is 4.87. The predicted molar refractivity (Wildman–Crippen MR) is 65.8 cm³/mol. The molecule has 0 saturated heterocycles. The summed E-state index contributed by atoms with van der Waals surface area (Å²) >= 11 is 0. The molecular formula is C12H20N4O. The molecule has 0 bridgehead atoms. The van der Waals surface area contributed by atoms with Gasteiger partial charge in [0.25, 0.3) is 5.91 Å². The molecule has 5 heteroatoms. The topological polar surface area (TPSA) is 61.0 Å². The zero-order valence-electron chi connectivity index (χ0n) is 10.7. The van der Waals surface area contributed by atoms with Crippen LogP contribution in [0.15, 0.2) is 0 Å². The molecule has 0 aliphatic carbocycles. The number of nitrogens with one attached hydrogen (secondary N) is 2. The molecule has 2 N–H and O–H groups in total. The van der Waals surface area contributed by atoms with Crippen molar-refractivity contribution in [1.29, 1.82) is 0 Å². The highest BCUT2D eigenvalue weighted by Crippen LogP contribution is 2.17. The van der Waals surface area contributed by atoms with E-state index in [0.717, 1.165) is 30.8 Å². The third-order valence-corrected chi connectivity index (χ3v) is 3.23. The fourth-order valence-electron chi connectivity index (χ4n) is 2.28. The van der Waals surface area contributed by atoms with Crippen LogP contribution in [0.2, 0.25) is 0 Å². The van der Waals surface area contributed by atoms with Gasteiger partial charge in [0.1, 0.15) is 0 Å². The Morgan fingerprint density at radius 1 is 1.53 bits per heavy atom. The first kappa shape index (κ1) is 12.1. The van der Waals surface area contributed by atoms with E-state index in [9.17, 15) is 4.79 Å². The molecular weight excluding hydrogens is 216 g/mol. The number of carbonyl (C=O) groups is 1. The van der Waals surface area contributed by atoms with Crippen molar-refractivity contribution in [2.75, 3.05) is 13.1 Å². The summed E-state index contributed by atoms with van der Waals surface area (Å²) in [5.41, 5.74) is 2.73. The third kappa shape index (κ3) is 2.20. The summed E-state index contributed by atoms with van der Waals surface area (Å²) in [7, 11) is 0. The van der Waals surface area contributed by atoms with E-state index in [-0.39, 0.29) is 11.9 Å². The van der Waals surface area contributed by atoms with Crippen molar-refractivity contribution in [3.8, 4) is 0 Å². The van der Waals surface area contributed by atoms with Crippen LogP contribution in [0.3, 0.4) is 0 Å². The molecule has 2 rings (SSSR count). The first-order valence-electron chi connectivity index (χ1n) is 6.23. The summed E-state index contributed by atoms with van der Waals surface area (Å²) < 4.78 is 0. The number of aromatic nitrogens is 2. The lowest BCUT2D eigenvalue weighted by Gasteiger charge is -2.25. The lowest BCUT2D eigenvalue weighted by atomic mass is 10.1. The van der Waals surface area contributed by atoms with Gasteiger partial charge in [-0.2, -0.15) is 5.10 Å². The zero-order chi connectivity index (χ0) is 12.4. The molecule has 5 nitrogen and oxygen atoms in total. The maximum atomic E-state index is 12.4. The molecule has 0 atom stereocenters. The number of amides is 1. The molecule has 1 aromatic heterocycles. The minimum atomic E-state index is 0.0312. The van der Waals surface area contributed by atoms with Gasteiger partial charge in [0, 0.05) is 43.4 Å². The fraction of sp³-hybridized carbons (Fsp3) is 0.667. The molecule has 1 aliphatic rings. The molecule has 0 aromatic carbocycles. The summed E-state index contributed by atoms with van der Waals surface area (Å²) in [6, 6.07) is 0.205. The lowest BCUT2D eigenvalue weighted by Crippen LogP contribution is -2.38. The number of H-pyrrole nitrogens is 1. The minimum Gasteiger partial charge on any atom is -0.335 e. The van der Waals surface area contributed by atoms with Crippen LogP contribution in [0.1, 0.15) is 42.5 Å². The number of hydrogen-bond donors (Lipinski definition) is 2. The van der Waals surface area contributed by atoms with Crippen LogP contribution < -0.4 is 5.32 Å². The minimum absolute atomic E-state index is 0.0312. The highest BCUT2D eigenvalue weighted by Gasteiger charge is 2.25. The second-order valence-electron chi connectivity index (χ2n) is 4.64. The van der Waals surface area contributed by atoms with Gasteiger partial charge in [-0.25, -0.2) is 0 Å². The van der Waals surface area contributed by atoms with Crippen molar-refractivity contribution in [3.63, 3.8) is 0 Å². The summed E-state index contributed by atoms with van der Waals surface area (Å²) in [6.45, 7) is 8.45. The van der Waals surface area contributed by atoms with Crippen molar-refractivity contribution in [1.82, 2.24) is 20.4 Å². The molecule has 1 aromatic rings. The largest absolute Gasteiger partial charge is 0.335 e. The Bertz CT molecular complexity index is 411. The SMILES string of the molecule is CCN(C(=O)c1n[nH]c2c1CNCC2)C(C)C. The van der Waals surface area contributed by atoms with Gasteiger partial charge in [-0.1, -0.05) is 0 Å². The van der Waals surface area contributed by atoms with E-state index in [1.807, 2.05) is 25.7 Å². The number of nitrogens with zero attached hydrogens (tertiary/aromatic N) is 2. The second-order valence-corrected chi connectivity index (χ2v) is 4.64. The lowest BCUT2D eigenvalue weighted by molar-refractivity contribution is 0.0709. The van der Waals surface area contributed by atoms with Gasteiger partial charge >= 0.3 is 0 Å². The van der Waals surface area contributed by atoms with Crippen LogP contribution in [0.5, 0.6) is 0 Å². The Kier molecular flexibility index (Phi) is 3.47. The Balaban J connectivity index is 2.27. The quantitative estimate of drug-likeness (QED) is 0.820. The van der Waals surface area contributed by atoms with E-state index in [0.29, 0.717) is 12.2 Å². The van der Waals surface area contributed by atoms with Gasteiger partial charge < -0.3 is 10.2 Å². The van der Waals surface area contributed by atoms with Gasteiger partial charge in [-0.3, -0.25) is 9.89 Å². The Hall–Kier alpha value is -1.36. The van der Waals surface area contributed by atoms with Crippen LogP contribution in [-0.4, -0.2) is 40.1 Å². The van der Waals surface area contributed by atoms with Crippen molar-refractivity contribution >= 4 is 5.91 Å². The smallest absolute Gasteiger partial charge is 0.274 e. The van der Waals surface area contributed by atoms with E-state index >= 15 is 0 Å². The van der Waals surface area contributed by atoms with E-state index in [4.69, 9.17) is 0 Å². The van der Waals surface area contributed by atoms with Crippen LogP contribution in [-0.2, 0) is 13.0 Å². The standard InChI is InChI=1S/C12H20N4O/c1-4-16(8(2)3)12(17)11-9-7-13-6-5-10(9)14-15-11/h8,13H,4-7H2,1-3H3,(H,14,15). The highest BCUT2D eigenvalue weighted by molar-refractivity contribution is 5.94. The number of rotatable bonds is 3. The van der Waals surface area contributed by atoms with Crippen molar-refractivity contribution in [2.45, 2.75) is 39.8 Å². The molecule has 1 amide bonds. The first-order chi connectivity index (χ1) is 8.15. The monoisotopic (exact) mass is 236 g/mol. The average Bonchev–Trinajstić information content (AvgIpc) is 2.72. The maximum Gasteiger partial charge on any atom is 0.274 e. The van der Waals surface area contributed by atoms with Gasteiger partial charge in [0.15, 0.2) is 5.69 Å².